The van der Waals surface area contributed by atoms with Gasteiger partial charge in [0.2, 0.25) is 5.75 Å². The van der Waals surface area contributed by atoms with Crippen molar-refractivity contribution in [3.63, 3.8) is 0 Å². The number of para-hydroxylation sites is 2. The molecule has 0 aliphatic heterocycles. The number of rotatable bonds is 11. The third-order valence-electron chi connectivity index (χ3n) is 4.44. The van der Waals surface area contributed by atoms with Gasteiger partial charge in [-0.05, 0) is 43.7 Å². The predicted molar refractivity (Wildman–Crippen MR) is 137 cm³/mol. The Balaban J connectivity index is 0.00000512. The van der Waals surface area contributed by atoms with Crippen LogP contribution < -0.4 is 34.3 Å². The van der Waals surface area contributed by atoms with Gasteiger partial charge in [-0.15, -0.1) is 24.0 Å². The van der Waals surface area contributed by atoms with Gasteiger partial charge in [0, 0.05) is 6.54 Å². The van der Waals surface area contributed by atoms with Gasteiger partial charge in [-0.2, -0.15) is 0 Å². The van der Waals surface area contributed by atoms with Crippen LogP contribution >= 0.6 is 24.0 Å². The first-order valence-corrected chi connectivity index (χ1v) is 10.2. The van der Waals surface area contributed by atoms with Gasteiger partial charge in [-0.3, -0.25) is 0 Å². The zero-order valence-corrected chi connectivity index (χ0v) is 21.9. The Kier molecular flexibility index (Phi) is 12.4. The number of guanidine groups is 1. The van der Waals surface area contributed by atoms with Gasteiger partial charge in [0.15, 0.2) is 29.0 Å². The molecule has 0 aromatic heterocycles. The first kappa shape index (κ1) is 27.5. The SMILES string of the molecule is CCNC(=NCc1cc(OC)c(OC)c(OC)c1)NCC(C)Oc1ccccc1OC.I. The van der Waals surface area contributed by atoms with E-state index in [1.165, 1.54) is 0 Å². The number of hydrogen-bond donors (Lipinski definition) is 2. The lowest BCUT2D eigenvalue weighted by Crippen LogP contribution is -2.41. The van der Waals surface area contributed by atoms with Crippen LogP contribution in [0.1, 0.15) is 19.4 Å². The van der Waals surface area contributed by atoms with Gasteiger partial charge in [0.1, 0.15) is 6.10 Å². The maximum absolute atomic E-state index is 6.00. The lowest BCUT2D eigenvalue weighted by atomic mass is 10.2. The van der Waals surface area contributed by atoms with E-state index in [0.29, 0.717) is 47.8 Å². The van der Waals surface area contributed by atoms with E-state index >= 15 is 0 Å². The van der Waals surface area contributed by atoms with E-state index in [2.05, 4.69) is 15.6 Å². The highest BCUT2D eigenvalue weighted by atomic mass is 127. The molecule has 0 heterocycles. The number of nitrogens with one attached hydrogen (secondary N) is 2. The second-order valence-electron chi connectivity index (χ2n) is 6.69. The highest BCUT2D eigenvalue weighted by Crippen LogP contribution is 2.38. The number of benzene rings is 2. The molecule has 0 fully saturated rings. The number of nitrogens with zero attached hydrogens (tertiary/aromatic N) is 1. The monoisotopic (exact) mass is 559 g/mol. The average molecular weight is 559 g/mol. The summed E-state index contributed by atoms with van der Waals surface area (Å²) >= 11 is 0. The van der Waals surface area contributed by atoms with Crippen LogP contribution in [0.3, 0.4) is 0 Å². The molecule has 2 aromatic carbocycles. The summed E-state index contributed by atoms with van der Waals surface area (Å²) in [4.78, 5) is 4.66. The zero-order chi connectivity index (χ0) is 22.6. The van der Waals surface area contributed by atoms with Gasteiger partial charge in [0.05, 0.1) is 41.5 Å². The topological polar surface area (TPSA) is 82.6 Å². The van der Waals surface area contributed by atoms with E-state index in [4.69, 9.17) is 23.7 Å². The van der Waals surface area contributed by atoms with Crippen molar-refractivity contribution in [2.45, 2.75) is 26.5 Å². The number of halogens is 1. The molecular formula is C23H34IN3O5. The fraction of sp³-hybridized carbons (Fsp3) is 0.435. The van der Waals surface area contributed by atoms with Crippen LogP contribution in [0.5, 0.6) is 28.7 Å². The van der Waals surface area contributed by atoms with Crippen LogP contribution in [0.25, 0.3) is 0 Å². The Morgan fingerprint density at radius 1 is 0.875 bits per heavy atom. The fourth-order valence-corrected chi connectivity index (χ4v) is 2.95. The predicted octanol–water partition coefficient (Wildman–Crippen LogP) is 3.86. The van der Waals surface area contributed by atoms with Gasteiger partial charge in [0.25, 0.3) is 0 Å². The van der Waals surface area contributed by atoms with Crippen LogP contribution in [-0.4, -0.2) is 53.6 Å². The Morgan fingerprint density at radius 2 is 1.47 bits per heavy atom. The summed E-state index contributed by atoms with van der Waals surface area (Å²) in [5.74, 6) is 3.86. The van der Waals surface area contributed by atoms with E-state index in [1.807, 2.05) is 50.2 Å². The van der Waals surface area contributed by atoms with Crippen molar-refractivity contribution in [2.24, 2.45) is 4.99 Å². The standard InChI is InChI=1S/C23H33N3O5.HI/c1-7-24-23(25-14-16(2)31-19-11-9-8-10-18(19)27-3)26-15-17-12-20(28-4)22(30-6)21(13-17)29-5;/h8-13,16H,7,14-15H2,1-6H3,(H2,24,25,26);1H. The summed E-state index contributed by atoms with van der Waals surface area (Å²) in [5.41, 5.74) is 0.935. The molecule has 0 aliphatic rings. The summed E-state index contributed by atoms with van der Waals surface area (Å²) in [6, 6.07) is 11.4. The summed E-state index contributed by atoms with van der Waals surface area (Å²) in [7, 11) is 6.40. The van der Waals surface area contributed by atoms with Crippen molar-refractivity contribution in [1.82, 2.24) is 10.6 Å². The van der Waals surface area contributed by atoms with Gasteiger partial charge in [-0.25, -0.2) is 4.99 Å². The van der Waals surface area contributed by atoms with Crippen LogP contribution in [0.2, 0.25) is 0 Å². The summed E-state index contributed by atoms with van der Waals surface area (Å²) in [5, 5.41) is 6.56. The molecule has 8 nitrogen and oxygen atoms in total. The highest BCUT2D eigenvalue weighted by Gasteiger charge is 2.13. The van der Waals surface area contributed by atoms with Crippen molar-refractivity contribution < 1.29 is 23.7 Å². The van der Waals surface area contributed by atoms with E-state index in [1.54, 1.807) is 28.4 Å². The summed E-state index contributed by atoms with van der Waals surface area (Å²) < 4.78 is 27.5. The minimum Gasteiger partial charge on any atom is -0.493 e. The molecule has 0 spiro atoms. The van der Waals surface area contributed by atoms with E-state index in [0.717, 1.165) is 12.1 Å². The molecule has 178 valence electrons. The Hall–Kier alpha value is -2.56. The highest BCUT2D eigenvalue weighted by molar-refractivity contribution is 14.0. The minimum absolute atomic E-state index is 0. The molecule has 9 heteroatoms. The van der Waals surface area contributed by atoms with Gasteiger partial charge in [-0.1, -0.05) is 12.1 Å². The van der Waals surface area contributed by atoms with E-state index in [-0.39, 0.29) is 30.1 Å². The molecule has 1 atom stereocenters. The van der Waals surface area contributed by atoms with Crippen LogP contribution in [0.15, 0.2) is 41.4 Å². The first-order valence-electron chi connectivity index (χ1n) is 10.2. The molecule has 2 aromatic rings. The lowest BCUT2D eigenvalue weighted by molar-refractivity contribution is 0.213. The lowest BCUT2D eigenvalue weighted by Gasteiger charge is -2.19. The maximum Gasteiger partial charge on any atom is 0.203 e. The molecule has 0 saturated carbocycles. The minimum atomic E-state index is -0.0960. The van der Waals surface area contributed by atoms with Crippen molar-refractivity contribution in [3.8, 4) is 28.7 Å². The fourth-order valence-electron chi connectivity index (χ4n) is 2.95. The molecule has 0 radical (unpaired) electrons. The third-order valence-corrected chi connectivity index (χ3v) is 4.44. The molecule has 32 heavy (non-hydrogen) atoms. The molecule has 0 bridgehead atoms. The first-order chi connectivity index (χ1) is 15.1. The molecule has 1 unspecified atom stereocenters. The second-order valence-corrected chi connectivity index (χ2v) is 6.69. The Morgan fingerprint density at radius 3 is 2.00 bits per heavy atom. The van der Waals surface area contributed by atoms with Crippen LogP contribution in [0, 0.1) is 0 Å². The normalized spacial score (nSPS) is 11.6. The molecule has 0 aliphatic carbocycles. The van der Waals surface area contributed by atoms with Gasteiger partial charge >= 0.3 is 0 Å². The number of methoxy groups -OCH3 is 4. The molecule has 0 amide bonds. The Bertz CT molecular complexity index is 838. The summed E-state index contributed by atoms with van der Waals surface area (Å²) in [6.45, 7) is 5.75. The second kappa shape index (κ2) is 14.5. The van der Waals surface area contributed by atoms with E-state index < -0.39 is 0 Å². The Labute approximate surface area is 207 Å². The van der Waals surface area contributed by atoms with Crippen LogP contribution in [-0.2, 0) is 6.54 Å². The zero-order valence-electron chi connectivity index (χ0n) is 19.6. The quantitative estimate of drug-likeness (QED) is 0.246. The molecule has 2 rings (SSSR count). The smallest absolute Gasteiger partial charge is 0.203 e. The maximum atomic E-state index is 6.00. The number of ether oxygens (including phenoxy) is 5. The van der Waals surface area contributed by atoms with Crippen molar-refractivity contribution in [3.05, 3.63) is 42.0 Å². The average Bonchev–Trinajstić information content (AvgIpc) is 2.80. The van der Waals surface area contributed by atoms with E-state index in [9.17, 15) is 0 Å². The van der Waals surface area contributed by atoms with Crippen molar-refractivity contribution in [1.29, 1.82) is 0 Å². The number of aliphatic imine (C=N–C) groups is 1. The largest absolute Gasteiger partial charge is 0.493 e. The molecule has 0 saturated heterocycles. The third kappa shape index (κ3) is 7.85. The molecule has 2 N–H and O–H groups in total. The number of hydrogen-bond acceptors (Lipinski definition) is 6. The van der Waals surface area contributed by atoms with Crippen LogP contribution in [0.4, 0.5) is 0 Å². The molecular weight excluding hydrogens is 525 g/mol. The van der Waals surface area contributed by atoms with Crippen molar-refractivity contribution in [2.75, 3.05) is 41.5 Å². The van der Waals surface area contributed by atoms with Gasteiger partial charge < -0.3 is 34.3 Å². The summed E-state index contributed by atoms with van der Waals surface area (Å²) in [6.07, 6.45) is -0.0960. The van der Waals surface area contributed by atoms with Crippen molar-refractivity contribution >= 4 is 29.9 Å².